The molecule has 1 saturated carbocycles. The number of benzene rings is 2. The van der Waals surface area contributed by atoms with Gasteiger partial charge in [-0.1, -0.05) is 111 Å². The first-order valence-electron chi connectivity index (χ1n) is 35.4. The Hall–Kier alpha value is -8.45. The van der Waals surface area contributed by atoms with Crippen LogP contribution >= 0.6 is 0 Å². The Balaban J connectivity index is 1.19. The van der Waals surface area contributed by atoms with Crippen LogP contribution in [0.15, 0.2) is 54.6 Å². The average molecular weight is 1450 g/mol. The summed E-state index contributed by atoms with van der Waals surface area (Å²) in [7, 11) is 1.97. The van der Waals surface area contributed by atoms with Crippen LogP contribution in [-0.2, 0) is 85.2 Å². The highest BCUT2D eigenvalue weighted by molar-refractivity contribution is 7.91. The molecule has 0 aromatic heterocycles. The molecule has 31 heteroatoms. The normalized spacial score (nSPS) is 17.8. The third-order valence-corrected chi connectivity index (χ3v) is 21.3. The van der Waals surface area contributed by atoms with Gasteiger partial charge in [-0.2, -0.15) is 0 Å². The predicted molar refractivity (Wildman–Crippen MR) is 378 cm³/mol. The lowest BCUT2D eigenvalue weighted by Crippen LogP contribution is -2.60. The van der Waals surface area contributed by atoms with Crippen molar-refractivity contribution in [1.29, 1.82) is 0 Å². The Bertz CT molecular complexity index is 3310. The van der Waals surface area contributed by atoms with Gasteiger partial charge >= 0.3 is 18.1 Å². The fourth-order valence-electron chi connectivity index (χ4n) is 13.1. The first-order valence-corrected chi connectivity index (χ1v) is 36.9. The van der Waals surface area contributed by atoms with Crippen molar-refractivity contribution in [1.82, 2.24) is 50.9 Å². The number of likely N-dealkylation sites (tertiary alicyclic amines) is 2. The quantitative estimate of drug-likeness (QED) is 0.0430. The molecule has 3 fully saturated rings. The van der Waals surface area contributed by atoms with Crippen LogP contribution < -0.4 is 42.4 Å². The van der Waals surface area contributed by atoms with E-state index in [-0.39, 0.29) is 82.5 Å². The van der Waals surface area contributed by atoms with Crippen molar-refractivity contribution in [2.24, 2.45) is 41.2 Å². The number of piperidine rings is 1. The number of nitrogens with zero attached hydrogens (tertiary/aromatic N) is 4. The van der Waals surface area contributed by atoms with Gasteiger partial charge in [0.1, 0.15) is 36.8 Å². The number of carboxylic acids is 1. The Morgan fingerprint density at radius 2 is 1.29 bits per heavy atom. The van der Waals surface area contributed by atoms with E-state index in [4.69, 9.17) is 19.9 Å². The number of likely N-dealkylation sites (N-methyl/N-ethyl adjacent to an activating group) is 2. The number of primary amides is 1. The first kappa shape index (κ1) is 84.2. The fraction of sp³-hybridized carbons (Fsp3) is 0.662. The number of ether oxygens (including phenoxy) is 3. The molecule has 102 heavy (non-hydrogen) atoms. The van der Waals surface area contributed by atoms with Gasteiger partial charge in [-0.05, 0) is 98.3 Å². The van der Waals surface area contributed by atoms with Crippen molar-refractivity contribution in [2.75, 3.05) is 59.8 Å². The zero-order valence-electron chi connectivity index (χ0n) is 61.3. The second kappa shape index (κ2) is 39.8. The predicted octanol–water partition coefficient (Wildman–Crippen LogP) is 3.79. The van der Waals surface area contributed by atoms with E-state index in [1.54, 1.807) is 115 Å². The SMILES string of the molecule is CC[C@H](C)[C@@H]([C@@H](CC(=O)N1CCC[C@H]1[C@H](OC)[C@@H](C)C(=O)N[C@@H](Cc1ccccc1)C(=O)NS(=O)(=O)C1CC1)OC)N(C)C(=O)[C@@H](NC(=O)[C@H](C(C)C)N(C)C(=O)OCc1ccc(NC(=O)[C@H](CCCNC(N)=O)NC(=O)[C@@H](NC(=O)CCC(=O)N2CCC(C(=O)O)CC2)C(C)C)cc1)C(C)C. The molecule has 10 N–H and O–H groups in total. The maximum Gasteiger partial charge on any atom is 0.410 e. The van der Waals surface area contributed by atoms with E-state index in [9.17, 15) is 71.1 Å². The molecular formula is C71H110N12O18S. The summed E-state index contributed by atoms with van der Waals surface area (Å²) in [4.78, 5) is 168. The monoisotopic (exact) mass is 1450 g/mol. The maximum absolute atomic E-state index is 14.9. The summed E-state index contributed by atoms with van der Waals surface area (Å²) in [5.74, 6) is -9.05. The second-order valence-corrected chi connectivity index (χ2v) is 30.1. The summed E-state index contributed by atoms with van der Waals surface area (Å²) >= 11 is 0. The fourth-order valence-corrected chi connectivity index (χ4v) is 14.4. The average Bonchev–Trinajstić information content (AvgIpc) is 1.50. The van der Waals surface area contributed by atoms with Crippen molar-refractivity contribution in [3.8, 4) is 0 Å². The summed E-state index contributed by atoms with van der Waals surface area (Å²) in [5, 5.41) is 24.9. The Morgan fingerprint density at radius 1 is 0.667 bits per heavy atom. The number of nitrogens with two attached hydrogens (primary N) is 1. The van der Waals surface area contributed by atoms with Crippen molar-refractivity contribution in [3.63, 3.8) is 0 Å². The number of carboxylic acid groups (broad SMARTS) is 1. The summed E-state index contributed by atoms with van der Waals surface area (Å²) < 4.78 is 45.6. The molecule has 0 unspecified atom stereocenters. The molecule has 568 valence electrons. The van der Waals surface area contributed by atoms with Gasteiger partial charge in [0.2, 0.25) is 57.3 Å². The van der Waals surface area contributed by atoms with Crippen LogP contribution in [0.25, 0.3) is 0 Å². The number of sulfonamides is 1. The van der Waals surface area contributed by atoms with E-state index >= 15 is 0 Å². The molecule has 2 aliphatic heterocycles. The summed E-state index contributed by atoms with van der Waals surface area (Å²) in [5.41, 5.74) is 6.73. The van der Waals surface area contributed by atoms with Gasteiger partial charge in [-0.15, -0.1) is 0 Å². The van der Waals surface area contributed by atoms with Gasteiger partial charge in [0.05, 0.1) is 47.8 Å². The summed E-state index contributed by atoms with van der Waals surface area (Å²) in [6.07, 6.45) is 0.292. The van der Waals surface area contributed by atoms with Crippen molar-refractivity contribution in [2.45, 2.75) is 212 Å². The van der Waals surface area contributed by atoms with E-state index in [0.717, 1.165) is 4.90 Å². The summed E-state index contributed by atoms with van der Waals surface area (Å²) in [6, 6.07) is 7.34. The highest BCUT2D eigenvalue weighted by Gasteiger charge is 2.45. The maximum atomic E-state index is 14.9. The standard InChI is InChI=1S/C71H110N12O18S/c1-14-44(8)61(54(99-12)39-57(86)83-35-19-23-53(83)62(100-13)45(9)63(87)76-52(38-46-20-16-15-17-21-46)65(89)79-102(97,98)50-28-29-50)80(10)68(92)59(42(4)5)78-67(91)60(43(6)7)81(11)71(96)101-40-47-24-26-49(27-25-47)74-64(88)51(22-18-34-73-70(72)95)75-66(90)58(41(2)3)77-55(84)30-31-56(85)82-36-32-48(33-37-82)69(93)94/h15-17,20-21,24-27,41-45,48,50-54,58-62H,14,18-19,22-23,28-40H2,1-13H3,(H,74,88)(H,75,90)(H,76,87)(H,77,84)(H,78,91)(H,79,89)(H,93,94)(H3,72,73,95)/t44-,45+,51-,52-,53-,54+,58-,59-,60-,61-,62+/m0/s1. The molecule has 1 aliphatic carbocycles. The number of aliphatic carboxylic acids is 1. The number of anilines is 1. The Morgan fingerprint density at radius 3 is 1.85 bits per heavy atom. The molecule has 30 nitrogen and oxygen atoms in total. The molecular weight excluding hydrogens is 1340 g/mol. The number of carbonyl (C=O) groups excluding carboxylic acids is 11. The third kappa shape index (κ3) is 24.6. The molecule has 0 bridgehead atoms. The Labute approximate surface area is 599 Å². The molecule has 3 aliphatic rings. The number of hydrogen-bond donors (Lipinski definition) is 9. The van der Waals surface area contributed by atoms with Gasteiger partial charge in [0.15, 0.2) is 0 Å². The van der Waals surface area contributed by atoms with Gasteiger partial charge in [-0.25, -0.2) is 18.0 Å². The first-order chi connectivity index (χ1) is 48.1. The molecule has 2 aromatic carbocycles. The van der Waals surface area contributed by atoms with Crippen LogP contribution in [0.4, 0.5) is 15.3 Å². The molecule has 2 saturated heterocycles. The smallest absolute Gasteiger partial charge is 0.410 e. The number of urea groups is 1. The van der Waals surface area contributed by atoms with Crippen LogP contribution in [0.1, 0.15) is 150 Å². The lowest BCUT2D eigenvalue weighted by Gasteiger charge is -2.41. The number of methoxy groups -OCH3 is 2. The van der Waals surface area contributed by atoms with E-state index in [0.29, 0.717) is 68.3 Å². The lowest BCUT2D eigenvalue weighted by molar-refractivity contribution is -0.148. The lowest BCUT2D eigenvalue weighted by atomic mass is 9.89. The second-order valence-electron chi connectivity index (χ2n) is 28.1. The molecule has 2 heterocycles. The number of hydrogen-bond acceptors (Lipinski definition) is 17. The molecule has 12 amide bonds. The van der Waals surface area contributed by atoms with Gasteiger partial charge in [-0.3, -0.25) is 57.6 Å². The van der Waals surface area contributed by atoms with E-state index in [1.165, 1.54) is 31.1 Å². The van der Waals surface area contributed by atoms with E-state index < -0.39 is 159 Å². The van der Waals surface area contributed by atoms with Crippen molar-refractivity contribution in [3.05, 3.63) is 65.7 Å². The number of nitrogens with one attached hydrogen (secondary N) is 7. The number of rotatable bonds is 39. The molecule has 5 rings (SSSR count). The van der Waals surface area contributed by atoms with Gasteiger partial charge < -0.3 is 71.7 Å². The van der Waals surface area contributed by atoms with E-state index in [1.807, 2.05) is 13.8 Å². The summed E-state index contributed by atoms with van der Waals surface area (Å²) in [6.45, 7) is 16.6. The minimum Gasteiger partial charge on any atom is -0.481 e. The largest absolute Gasteiger partial charge is 0.481 e. The van der Waals surface area contributed by atoms with E-state index in [2.05, 4.69) is 36.6 Å². The molecule has 0 radical (unpaired) electrons. The minimum atomic E-state index is -3.93. The Kier molecular flexibility index (Phi) is 32.9. The van der Waals surface area contributed by atoms with Crippen molar-refractivity contribution < 1.29 is 85.3 Å². The molecule has 2 aromatic rings. The number of amides is 12. The zero-order chi connectivity index (χ0) is 75.9. The van der Waals surface area contributed by atoms with Crippen LogP contribution in [0.3, 0.4) is 0 Å². The van der Waals surface area contributed by atoms with Crippen LogP contribution in [0.2, 0.25) is 0 Å². The third-order valence-electron chi connectivity index (χ3n) is 19.4. The minimum absolute atomic E-state index is 0.0139. The highest BCUT2D eigenvalue weighted by Crippen LogP contribution is 2.31. The van der Waals surface area contributed by atoms with Gasteiger partial charge in [0, 0.05) is 79.4 Å². The van der Waals surface area contributed by atoms with Crippen molar-refractivity contribution >= 4 is 87.0 Å². The van der Waals surface area contributed by atoms with Gasteiger partial charge in [0.25, 0.3) is 5.91 Å². The zero-order valence-corrected chi connectivity index (χ0v) is 62.1. The number of carbonyl (C=O) groups is 12. The molecule has 0 spiro atoms. The highest BCUT2D eigenvalue weighted by atomic mass is 32.2. The van der Waals surface area contributed by atoms with Crippen LogP contribution in [0.5, 0.6) is 0 Å². The molecule has 11 atom stereocenters. The topological polar surface area (TPSA) is 410 Å². The van der Waals surface area contributed by atoms with Crippen LogP contribution in [0, 0.1) is 35.5 Å². The van der Waals surface area contributed by atoms with Crippen LogP contribution in [-0.4, -0.2) is 219 Å².